The van der Waals surface area contributed by atoms with E-state index in [-0.39, 0.29) is 0 Å². The molecule has 1 rings (SSSR count). The Morgan fingerprint density at radius 2 is 2.25 bits per heavy atom. The molecule has 66 valence electrons. The zero-order valence-corrected chi connectivity index (χ0v) is 8.69. The minimum absolute atomic E-state index is 0.577. The topological polar surface area (TPSA) is 12.9 Å². The van der Waals surface area contributed by atoms with Crippen LogP contribution in [-0.2, 0) is 0 Å². The van der Waals surface area contributed by atoms with Gasteiger partial charge in [-0.05, 0) is 23.3 Å². The number of rotatable bonds is 3. The van der Waals surface area contributed by atoms with Crippen LogP contribution >= 0.6 is 11.8 Å². The Labute approximate surface area is 78.6 Å². The Hall–Kier alpha value is -0.500. The standard InChI is InChI=1S/C10H15NS/c1-4-12-10-9(8(2)3)6-5-7-11-10/h5-8H,4H2,1-3H3. The number of aromatic nitrogens is 1. The lowest BCUT2D eigenvalue weighted by Crippen LogP contribution is -1.93. The van der Waals surface area contributed by atoms with Crippen LogP contribution in [0.3, 0.4) is 0 Å². The predicted octanol–water partition coefficient (Wildman–Crippen LogP) is 3.32. The van der Waals surface area contributed by atoms with Crippen LogP contribution in [0, 0.1) is 0 Å². The summed E-state index contributed by atoms with van der Waals surface area (Å²) >= 11 is 1.82. The molecule has 1 aromatic heterocycles. The lowest BCUT2D eigenvalue weighted by Gasteiger charge is -2.09. The molecule has 0 amide bonds. The van der Waals surface area contributed by atoms with Crippen molar-refractivity contribution in [1.82, 2.24) is 4.98 Å². The summed E-state index contributed by atoms with van der Waals surface area (Å²) < 4.78 is 0. The van der Waals surface area contributed by atoms with Crippen molar-refractivity contribution in [3.63, 3.8) is 0 Å². The lowest BCUT2D eigenvalue weighted by atomic mass is 10.1. The molecule has 0 aliphatic rings. The van der Waals surface area contributed by atoms with Crippen LogP contribution in [0.25, 0.3) is 0 Å². The van der Waals surface area contributed by atoms with Gasteiger partial charge in [0.15, 0.2) is 0 Å². The quantitative estimate of drug-likeness (QED) is 0.663. The molecule has 0 radical (unpaired) electrons. The molecule has 1 aromatic rings. The maximum atomic E-state index is 4.35. The predicted molar refractivity (Wildman–Crippen MR) is 54.7 cm³/mol. The monoisotopic (exact) mass is 181 g/mol. The smallest absolute Gasteiger partial charge is 0.0994 e. The lowest BCUT2D eigenvalue weighted by molar-refractivity contribution is 0.819. The Kier molecular flexibility index (Phi) is 3.60. The molecule has 0 bridgehead atoms. The first-order valence-electron chi connectivity index (χ1n) is 4.33. The van der Waals surface area contributed by atoms with Gasteiger partial charge in [-0.25, -0.2) is 4.98 Å². The summed E-state index contributed by atoms with van der Waals surface area (Å²) in [5.41, 5.74) is 1.37. The second kappa shape index (κ2) is 4.51. The third-order valence-corrected chi connectivity index (χ3v) is 2.61. The zero-order chi connectivity index (χ0) is 8.97. The van der Waals surface area contributed by atoms with Gasteiger partial charge in [0.2, 0.25) is 0 Å². The van der Waals surface area contributed by atoms with Gasteiger partial charge in [0.25, 0.3) is 0 Å². The van der Waals surface area contributed by atoms with Crippen LogP contribution in [0.4, 0.5) is 0 Å². The van der Waals surface area contributed by atoms with E-state index in [9.17, 15) is 0 Å². The molecule has 0 saturated heterocycles. The molecule has 0 atom stereocenters. The average Bonchev–Trinajstić information content (AvgIpc) is 2.05. The van der Waals surface area contributed by atoms with Crippen molar-refractivity contribution in [2.45, 2.75) is 31.7 Å². The summed E-state index contributed by atoms with van der Waals surface area (Å²) in [7, 11) is 0. The fraction of sp³-hybridized carbons (Fsp3) is 0.500. The van der Waals surface area contributed by atoms with Crippen LogP contribution in [0.2, 0.25) is 0 Å². The van der Waals surface area contributed by atoms with Gasteiger partial charge in [0.1, 0.15) is 0 Å². The van der Waals surface area contributed by atoms with Gasteiger partial charge in [0.05, 0.1) is 5.03 Å². The summed E-state index contributed by atoms with van der Waals surface area (Å²) in [6.45, 7) is 6.57. The van der Waals surface area contributed by atoms with E-state index in [1.165, 1.54) is 10.6 Å². The van der Waals surface area contributed by atoms with E-state index in [0.29, 0.717) is 5.92 Å². The van der Waals surface area contributed by atoms with E-state index in [1.807, 2.05) is 24.0 Å². The Morgan fingerprint density at radius 1 is 1.50 bits per heavy atom. The molecule has 1 heterocycles. The third kappa shape index (κ3) is 2.24. The van der Waals surface area contributed by atoms with Crippen LogP contribution in [-0.4, -0.2) is 10.7 Å². The van der Waals surface area contributed by atoms with Gasteiger partial charge in [-0.2, -0.15) is 0 Å². The minimum atomic E-state index is 0.577. The second-order valence-electron chi connectivity index (χ2n) is 2.99. The highest BCUT2D eigenvalue weighted by Gasteiger charge is 2.05. The molecule has 0 aliphatic carbocycles. The van der Waals surface area contributed by atoms with E-state index in [1.54, 1.807) is 0 Å². The van der Waals surface area contributed by atoms with Gasteiger partial charge in [0, 0.05) is 6.20 Å². The first-order chi connectivity index (χ1) is 5.75. The molecular weight excluding hydrogens is 166 g/mol. The highest BCUT2D eigenvalue weighted by molar-refractivity contribution is 7.99. The summed E-state index contributed by atoms with van der Waals surface area (Å²) in [5.74, 6) is 1.67. The molecule has 1 nitrogen and oxygen atoms in total. The van der Waals surface area contributed by atoms with Gasteiger partial charge in [-0.3, -0.25) is 0 Å². The highest BCUT2D eigenvalue weighted by atomic mass is 32.2. The van der Waals surface area contributed by atoms with Crippen LogP contribution in [0.5, 0.6) is 0 Å². The fourth-order valence-electron chi connectivity index (χ4n) is 1.10. The van der Waals surface area contributed by atoms with E-state index < -0.39 is 0 Å². The van der Waals surface area contributed by atoms with E-state index in [4.69, 9.17) is 0 Å². The largest absolute Gasteiger partial charge is 0.250 e. The van der Waals surface area contributed by atoms with E-state index >= 15 is 0 Å². The van der Waals surface area contributed by atoms with Crippen molar-refractivity contribution in [1.29, 1.82) is 0 Å². The second-order valence-corrected chi connectivity index (χ2v) is 4.24. The molecule has 0 aromatic carbocycles. The first kappa shape index (κ1) is 9.59. The van der Waals surface area contributed by atoms with Crippen molar-refractivity contribution in [2.24, 2.45) is 0 Å². The number of hydrogen-bond donors (Lipinski definition) is 0. The maximum Gasteiger partial charge on any atom is 0.0994 e. The van der Waals surface area contributed by atoms with Gasteiger partial charge < -0.3 is 0 Å². The van der Waals surface area contributed by atoms with E-state index in [0.717, 1.165) is 5.75 Å². The van der Waals surface area contributed by atoms with Crippen LogP contribution < -0.4 is 0 Å². The maximum absolute atomic E-state index is 4.35. The molecule has 2 heteroatoms. The number of thioether (sulfide) groups is 1. The fourth-order valence-corrected chi connectivity index (χ4v) is 1.98. The van der Waals surface area contributed by atoms with Gasteiger partial charge in [-0.15, -0.1) is 11.8 Å². The van der Waals surface area contributed by atoms with Crippen LogP contribution in [0.1, 0.15) is 32.3 Å². The number of nitrogens with zero attached hydrogens (tertiary/aromatic N) is 1. The first-order valence-corrected chi connectivity index (χ1v) is 5.32. The SMILES string of the molecule is CCSc1ncccc1C(C)C. The average molecular weight is 181 g/mol. The molecule has 0 aliphatic heterocycles. The summed E-state index contributed by atoms with van der Waals surface area (Å²) in [6, 6.07) is 4.17. The molecule has 0 N–H and O–H groups in total. The summed E-state index contributed by atoms with van der Waals surface area (Å²) in [4.78, 5) is 4.35. The normalized spacial score (nSPS) is 10.7. The Balaban J connectivity index is 2.92. The molecule has 0 spiro atoms. The van der Waals surface area contributed by atoms with Crippen molar-refractivity contribution in [2.75, 3.05) is 5.75 Å². The van der Waals surface area contributed by atoms with Crippen molar-refractivity contribution < 1.29 is 0 Å². The number of pyridine rings is 1. The van der Waals surface area contributed by atoms with Crippen molar-refractivity contribution in [3.8, 4) is 0 Å². The third-order valence-electron chi connectivity index (χ3n) is 1.70. The summed E-state index contributed by atoms with van der Waals surface area (Å²) in [5, 5.41) is 1.19. The van der Waals surface area contributed by atoms with Gasteiger partial charge >= 0.3 is 0 Å². The molecule has 12 heavy (non-hydrogen) atoms. The van der Waals surface area contributed by atoms with Crippen molar-refractivity contribution in [3.05, 3.63) is 23.9 Å². The Morgan fingerprint density at radius 3 is 2.83 bits per heavy atom. The van der Waals surface area contributed by atoms with Crippen LogP contribution in [0.15, 0.2) is 23.4 Å². The minimum Gasteiger partial charge on any atom is -0.250 e. The summed E-state index contributed by atoms with van der Waals surface area (Å²) in [6.07, 6.45) is 1.86. The molecule has 0 saturated carbocycles. The molecule has 0 unspecified atom stereocenters. The zero-order valence-electron chi connectivity index (χ0n) is 7.87. The Bertz CT molecular complexity index is 245. The molecular formula is C10H15NS. The van der Waals surface area contributed by atoms with E-state index in [2.05, 4.69) is 31.8 Å². The molecule has 0 fully saturated rings. The van der Waals surface area contributed by atoms with Gasteiger partial charge in [-0.1, -0.05) is 26.8 Å². The van der Waals surface area contributed by atoms with Crippen molar-refractivity contribution >= 4 is 11.8 Å². The highest BCUT2D eigenvalue weighted by Crippen LogP contribution is 2.25. The number of hydrogen-bond acceptors (Lipinski definition) is 2.